The number of rotatable bonds is 5. The van der Waals surface area contributed by atoms with Gasteiger partial charge in [0.25, 0.3) is 0 Å². The van der Waals surface area contributed by atoms with Gasteiger partial charge in [0.1, 0.15) is 12.1 Å². The van der Waals surface area contributed by atoms with E-state index in [9.17, 15) is 0 Å². The molecule has 2 aliphatic rings. The Balaban J connectivity index is 1.35. The highest BCUT2D eigenvalue weighted by atomic mass is 15.3. The van der Waals surface area contributed by atoms with Gasteiger partial charge in [0.15, 0.2) is 5.65 Å². The number of nitrogens with one attached hydrogen (secondary N) is 1. The van der Waals surface area contributed by atoms with Crippen molar-refractivity contribution in [2.24, 2.45) is 17.8 Å². The van der Waals surface area contributed by atoms with E-state index in [0.717, 1.165) is 35.8 Å². The summed E-state index contributed by atoms with van der Waals surface area (Å²) < 4.78 is 1.80. The maximum absolute atomic E-state index is 4.19. The summed E-state index contributed by atoms with van der Waals surface area (Å²) in [7, 11) is 0. The Morgan fingerprint density at radius 3 is 3.17 bits per heavy atom. The van der Waals surface area contributed by atoms with E-state index in [2.05, 4.69) is 20.4 Å². The number of anilines is 1. The molecule has 2 aromatic heterocycles. The smallest absolute Gasteiger partial charge is 0.175 e. The second-order valence-corrected chi connectivity index (χ2v) is 5.54. The lowest BCUT2D eigenvalue weighted by molar-refractivity contribution is 0.605. The molecule has 2 saturated carbocycles. The highest BCUT2D eigenvalue weighted by Crippen LogP contribution is 2.55. The van der Waals surface area contributed by atoms with Crippen molar-refractivity contribution in [2.75, 3.05) is 11.9 Å². The molecule has 2 aliphatic carbocycles. The van der Waals surface area contributed by atoms with Crippen LogP contribution in [0.15, 0.2) is 18.7 Å². The first kappa shape index (κ1) is 10.3. The van der Waals surface area contributed by atoms with E-state index in [1.54, 1.807) is 17.0 Å². The van der Waals surface area contributed by atoms with Gasteiger partial charge in [-0.1, -0.05) is 0 Å². The van der Waals surface area contributed by atoms with Crippen molar-refractivity contribution in [3.63, 3.8) is 0 Å². The topological polar surface area (TPSA) is 55.1 Å². The van der Waals surface area contributed by atoms with Crippen molar-refractivity contribution in [3.05, 3.63) is 18.7 Å². The molecule has 0 spiro atoms. The maximum atomic E-state index is 4.19. The molecular formula is C13H17N5. The molecule has 1 N–H and O–H groups in total. The molecule has 0 unspecified atom stereocenters. The van der Waals surface area contributed by atoms with Crippen LogP contribution in [-0.2, 0) is 0 Å². The molecule has 4 rings (SSSR count). The first-order valence-corrected chi connectivity index (χ1v) is 6.79. The van der Waals surface area contributed by atoms with Crippen LogP contribution in [0.3, 0.4) is 0 Å². The van der Waals surface area contributed by atoms with Gasteiger partial charge in [-0.15, -0.1) is 0 Å². The number of hydrogen-bond donors (Lipinski definition) is 1. The fourth-order valence-corrected chi connectivity index (χ4v) is 2.96. The Morgan fingerprint density at radius 1 is 1.33 bits per heavy atom. The lowest BCUT2D eigenvalue weighted by Gasteiger charge is -2.06. The van der Waals surface area contributed by atoms with Crippen LogP contribution in [0.25, 0.3) is 5.65 Å². The number of fused-ring (bicyclic) bond motifs is 1. The standard InChI is InChI=1S/C13H17N5/c1-2-9(1)11-5-10(11)3-4-15-12-6-14-7-13-16-8-17-18(12)13/h6-11,15H,1-5H2/t10-,11+/m1/s1. The van der Waals surface area contributed by atoms with Crippen LogP contribution in [0, 0.1) is 17.8 Å². The summed E-state index contributed by atoms with van der Waals surface area (Å²) in [5, 5.41) is 7.61. The van der Waals surface area contributed by atoms with E-state index in [-0.39, 0.29) is 0 Å². The predicted molar refractivity (Wildman–Crippen MR) is 68.2 cm³/mol. The second-order valence-electron chi connectivity index (χ2n) is 5.54. The minimum absolute atomic E-state index is 0.794. The van der Waals surface area contributed by atoms with Crippen LogP contribution < -0.4 is 5.32 Å². The number of nitrogens with zero attached hydrogens (tertiary/aromatic N) is 4. The van der Waals surface area contributed by atoms with Crippen molar-refractivity contribution < 1.29 is 0 Å². The van der Waals surface area contributed by atoms with E-state index in [1.807, 2.05) is 6.20 Å². The molecule has 0 bridgehead atoms. The predicted octanol–water partition coefficient (Wildman–Crippen LogP) is 1.97. The van der Waals surface area contributed by atoms with E-state index in [1.165, 1.54) is 25.7 Å². The molecule has 0 amide bonds. The van der Waals surface area contributed by atoms with Gasteiger partial charge in [-0.3, -0.25) is 4.98 Å². The summed E-state index contributed by atoms with van der Waals surface area (Å²) in [5.41, 5.74) is 0.794. The van der Waals surface area contributed by atoms with E-state index in [0.29, 0.717) is 0 Å². The van der Waals surface area contributed by atoms with Gasteiger partial charge in [-0.2, -0.15) is 9.61 Å². The third-order valence-electron chi connectivity index (χ3n) is 4.22. The van der Waals surface area contributed by atoms with Crippen LogP contribution in [0.2, 0.25) is 0 Å². The van der Waals surface area contributed by atoms with Crippen LogP contribution in [0.4, 0.5) is 5.82 Å². The molecule has 0 saturated heterocycles. The fourth-order valence-electron chi connectivity index (χ4n) is 2.96. The Hall–Kier alpha value is -1.65. The summed E-state index contributed by atoms with van der Waals surface area (Å²) in [6.07, 6.45) is 10.8. The van der Waals surface area contributed by atoms with Crippen molar-refractivity contribution in [3.8, 4) is 0 Å². The summed E-state index contributed by atoms with van der Waals surface area (Å²) in [6, 6.07) is 0. The van der Waals surface area contributed by atoms with Gasteiger partial charge in [-0.25, -0.2) is 4.98 Å². The Morgan fingerprint density at radius 2 is 2.28 bits per heavy atom. The maximum Gasteiger partial charge on any atom is 0.175 e. The highest BCUT2D eigenvalue weighted by molar-refractivity contribution is 5.44. The molecule has 5 heteroatoms. The zero-order chi connectivity index (χ0) is 11.9. The van der Waals surface area contributed by atoms with Crippen molar-refractivity contribution in [2.45, 2.75) is 25.7 Å². The average Bonchev–Trinajstić information content (AvgIpc) is 3.27. The minimum Gasteiger partial charge on any atom is -0.369 e. The summed E-state index contributed by atoms with van der Waals surface area (Å²) in [6.45, 7) is 1.01. The van der Waals surface area contributed by atoms with Crippen LogP contribution in [0.1, 0.15) is 25.7 Å². The molecule has 2 heterocycles. The molecule has 5 nitrogen and oxygen atoms in total. The first-order chi connectivity index (χ1) is 8.92. The van der Waals surface area contributed by atoms with E-state index in [4.69, 9.17) is 0 Å². The molecule has 2 atom stereocenters. The third kappa shape index (κ3) is 1.83. The van der Waals surface area contributed by atoms with Crippen LogP contribution >= 0.6 is 0 Å². The molecule has 0 aromatic carbocycles. The largest absolute Gasteiger partial charge is 0.369 e. The molecule has 2 aromatic rings. The van der Waals surface area contributed by atoms with Gasteiger partial charge < -0.3 is 5.32 Å². The normalized spacial score (nSPS) is 26.4. The Kier molecular flexibility index (Phi) is 2.25. The van der Waals surface area contributed by atoms with Gasteiger partial charge in [0.05, 0.1) is 12.4 Å². The summed E-state index contributed by atoms with van der Waals surface area (Å²) in [4.78, 5) is 8.29. The summed E-state index contributed by atoms with van der Waals surface area (Å²) in [5.74, 6) is 4.03. The molecule has 94 valence electrons. The quantitative estimate of drug-likeness (QED) is 0.872. The number of aromatic nitrogens is 4. The molecule has 18 heavy (non-hydrogen) atoms. The number of hydrogen-bond acceptors (Lipinski definition) is 4. The third-order valence-corrected chi connectivity index (χ3v) is 4.22. The fraction of sp³-hybridized carbons (Fsp3) is 0.615. The minimum atomic E-state index is 0.794. The molecular weight excluding hydrogens is 226 g/mol. The highest BCUT2D eigenvalue weighted by Gasteiger charge is 2.46. The molecule has 0 aliphatic heterocycles. The zero-order valence-corrected chi connectivity index (χ0v) is 10.3. The first-order valence-electron chi connectivity index (χ1n) is 6.79. The zero-order valence-electron chi connectivity index (χ0n) is 10.3. The SMILES string of the molecule is c1nc2cncc(NCC[C@@H]3C[C@H]3C3CC3)n2n1. The van der Waals surface area contributed by atoms with E-state index < -0.39 is 0 Å². The summed E-state index contributed by atoms with van der Waals surface area (Å²) >= 11 is 0. The van der Waals surface area contributed by atoms with Gasteiger partial charge in [0.2, 0.25) is 0 Å². The van der Waals surface area contributed by atoms with Gasteiger partial charge >= 0.3 is 0 Å². The van der Waals surface area contributed by atoms with Crippen molar-refractivity contribution >= 4 is 11.5 Å². The Labute approximate surface area is 106 Å². The van der Waals surface area contributed by atoms with E-state index >= 15 is 0 Å². The second kappa shape index (κ2) is 3.93. The van der Waals surface area contributed by atoms with Gasteiger partial charge in [-0.05, 0) is 43.4 Å². The molecule has 2 fully saturated rings. The van der Waals surface area contributed by atoms with Crippen LogP contribution in [0.5, 0.6) is 0 Å². The van der Waals surface area contributed by atoms with Gasteiger partial charge in [0, 0.05) is 6.54 Å². The van der Waals surface area contributed by atoms with Crippen LogP contribution in [-0.4, -0.2) is 26.1 Å². The molecule has 0 radical (unpaired) electrons. The lowest BCUT2D eigenvalue weighted by atomic mass is 10.2. The lowest BCUT2D eigenvalue weighted by Crippen LogP contribution is -2.08. The van der Waals surface area contributed by atoms with Crippen molar-refractivity contribution in [1.82, 2.24) is 19.6 Å². The monoisotopic (exact) mass is 243 g/mol. The average molecular weight is 243 g/mol. The Bertz CT molecular complexity index is 559. The van der Waals surface area contributed by atoms with Crippen molar-refractivity contribution in [1.29, 1.82) is 0 Å².